The van der Waals surface area contributed by atoms with E-state index in [1.165, 1.54) is 0 Å². The third-order valence-corrected chi connectivity index (χ3v) is 0.678. The van der Waals surface area contributed by atoms with E-state index in [0.29, 0.717) is 12.1 Å². The fraction of sp³-hybridized carbons (Fsp3) is 0. The zero-order valence-electron chi connectivity index (χ0n) is 5.13. The molecule has 0 rings (SSSR count). The standard InChI is InChI=1S/C7H9NO/c1-3-4-5-7(2)8-6-9/h3-6H,1-2H2,(H,8,9). The van der Waals surface area contributed by atoms with Crippen LogP contribution in [0.25, 0.3) is 0 Å². The lowest BCUT2D eigenvalue weighted by atomic mass is 10.4. The van der Waals surface area contributed by atoms with E-state index in [4.69, 9.17) is 0 Å². The zero-order valence-corrected chi connectivity index (χ0v) is 5.13. The zero-order chi connectivity index (χ0) is 7.11. The van der Waals surface area contributed by atoms with Gasteiger partial charge < -0.3 is 5.32 Å². The quantitative estimate of drug-likeness (QED) is 0.438. The van der Waals surface area contributed by atoms with Crippen molar-refractivity contribution in [1.29, 1.82) is 0 Å². The third-order valence-electron chi connectivity index (χ3n) is 0.678. The van der Waals surface area contributed by atoms with E-state index in [0.717, 1.165) is 0 Å². The predicted molar refractivity (Wildman–Crippen MR) is 37.7 cm³/mol. The van der Waals surface area contributed by atoms with Crippen LogP contribution in [-0.4, -0.2) is 6.41 Å². The molecule has 0 atom stereocenters. The first-order valence-electron chi connectivity index (χ1n) is 2.49. The van der Waals surface area contributed by atoms with Crippen LogP contribution in [0.15, 0.2) is 37.1 Å². The molecule has 0 radical (unpaired) electrons. The molecule has 0 bridgehead atoms. The molecule has 0 saturated carbocycles. The van der Waals surface area contributed by atoms with Gasteiger partial charge in [-0.2, -0.15) is 0 Å². The van der Waals surface area contributed by atoms with Crippen molar-refractivity contribution in [2.45, 2.75) is 0 Å². The Hall–Kier alpha value is -1.31. The Kier molecular flexibility index (Phi) is 4.14. The highest BCUT2D eigenvalue weighted by molar-refractivity contribution is 5.51. The normalized spacial score (nSPS) is 8.89. The monoisotopic (exact) mass is 123 g/mol. The predicted octanol–water partition coefficient (Wildman–Crippen LogP) is 0.988. The summed E-state index contributed by atoms with van der Waals surface area (Å²) in [5.74, 6) is 0. The molecule has 0 unspecified atom stereocenters. The van der Waals surface area contributed by atoms with E-state index in [2.05, 4.69) is 18.5 Å². The van der Waals surface area contributed by atoms with Crippen LogP contribution in [0.2, 0.25) is 0 Å². The molecule has 0 aliphatic carbocycles. The summed E-state index contributed by atoms with van der Waals surface area (Å²) in [6.45, 7) is 6.95. The molecule has 9 heavy (non-hydrogen) atoms. The van der Waals surface area contributed by atoms with E-state index >= 15 is 0 Å². The van der Waals surface area contributed by atoms with Gasteiger partial charge in [-0.3, -0.25) is 4.79 Å². The fourth-order valence-electron chi connectivity index (χ4n) is 0.308. The highest BCUT2D eigenvalue weighted by Gasteiger charge is 1.77. The summed E-state index contributed by atoms with van der Waals surface area (Å²) in [4.78, 5) is 9.75. The van der Waals surface area contributed by atoms with Crippen molar-refractivity contribution in [3.8, 4) is 0 Å². The summed E-state index contributed by atoms with van der Waals surface area (Å²) >= 11 is 0. The number of nitrogens with one attached hydrogen (secondary N) is 1. The van der Waals surface area contributed by atoms with Gasteiger partial charge in [0.1, 0.15) is 0 Å². The molecule has 0 spiro atoms. The number of hydrogen-bond donors (Lipinski definition) is 1. The second-order valence-electron chi connectivity index (χ2n) is 1.38. The van der Waals surface area contributed by atoms with Gasteiger partial charge in [-0.25, -0.2) is 0 Å². The van der Waals surface area contributed by atoms with Crippen LogP contribution in [0, 0.1) is 0 Å². The first-order valence-corrected chi connectivity index (χ1v) is 2.49. The smallest absolute Gasteiger partial charge is 0.211 e. The molecule has 0 aromatic rings. The van der Waals surface area contributed by atoms with Gasteiger partial charge in [0.2, 0.25) is 6.41 Å². The third kappa shape index (κ3) is 4.55. The van der Waals surface area contributed by atoms with Crippen molar-refractivity contribution in [3.05, 3.63) is 37.1 Å². The molecule has 0 aromatic carbocycles. The van der Waals surface area contributed by atoms with Gasteiger partial charge in [0.25, 0.3) is 0 Å². The molecule has 48 valence electrons. The molecular weight excluding hydrogens is 114 g/mol. The largest absolute Gasteiger partial charge is 0.329 e. The van der Waals surface area contributed by atoms with Gasteiger partial charge in [0.15, 0.2) is 0 Å². The molecular formula is C7H9NO. The minimum atomic E-state index is 0.560. The summed E-state index contributed by atoms with van der Waals surface area (Å²) in [7, 11) is 0. The van der Waals surface area contributed by atoms with Crippen LogP contribution in [0.1, 0.15) is 0 Å². The van der Waals surface area contributed by atoms with E-state index in [1.54, 1.807) is 18.2 Å². The minimum Gasteiger partial charge on any atom is -0.329 e. The molecule has 1 N–H and O–H groups in total. The average Bonchev–Trinajstić information content (AvgIpc) is 1.85. The molecule has 0 fully saturated rings. The Labute approximate surface area is 54.6 Å². The lowest BCUT2D eigenvalue weighted by molar-refractivity contribution is -0.108. The van der Waals surface area contributed by atoms with Crippen molar-refractivity contribution in [3.63, 3.8) is 0 Å². The van der Waals surface area contributed by atoms with Crippen LogP contribution in [-0.2, 0) is 4.79 Å². The van der Waals surface area contributed by atoms with Crippen LogP contribution in [0.5, 0.6) is 0 Å². The summed E-state index contributed by atoms with van der Waals surface area (Å²) in [6, 6.07) is 0. The highest BCUT2D eigenvalue weighted by Crippen LogP contribution is 1.83. The van der Waals surface area contributed by atoms with Crippen molar-refractivity contribution in [2.75, 3.05) is 0 Å². The number of carbonyl (C=O) groups excluding carboxylic acids is 1. The first kappa shape index (κ1) is 7.69. The summed E-state index contributed by atoms with van der Waals surface area (Å²) < 4.78 is 0. The van der Waals surface area contributed by atoms with E-state index < -0.39 is 0 Å². The van der Waals surface area contributed by atoms with Gasteiger partial charge in [-0.05, 0) is 6.08 Å². The van der Waals surface area contributed by atoms with Gasteiger partial charge in [0, 0.05) is 5.70 Å². The molecule has 1 amide bonds. The number of allylic oxidation sites excluding steroid dienone is 3. The molecule has 2 heteroatoms. The maximum absolute atomic E-state index is 9.75. The molecule has 2 nitrogen and oxygen atoms in total. The number of rotatable bonds is 4. The van der Waals surface area contributed by atoms with Crippen molar-refractivity contribution >= 4 is 6.41 Å². The van der Waals surface area contributed by atoms with Crippen LogP contribution in [0.4, 0.5) is 0 Å². The summed E-state index contributed by atoms with van der Waals surface area (Å²) in [5.41, 5.74) is 0.560. The molecule has 0 aromatic heterocycles. The van der Waals surface area contributed by atoms with Gasteiger partial charge in [0.05, 0.1) is 0 Å². The SMILES string of the molecule is C=CC=CC(=C)NC=O. The topological polar surface area (TPSA) is 29.1 Å². The fourth-order valence-corrected chi connectivity index (χ4v) is 0.308. The number of hydrogen-bond acceptors (Lipinski definition) is 1. The van der Waals surface area contributed by atoms with Gasteiger partial charge >= 0.3 is 0 Å². The van der Waals surface area contributed by atoms with Crippen LogP contribution >= 0.6 is 0 Å². The van der Waals surface area contributed by atoms with E-state index in [1.807, 2.05) is 0 Å². The Morgan fingerprint density at radius 1 is 1.56 bits per heavy atom. The maximum atomic E-state index is 9.75. The van der Waals surface area contributed by atoms with Crippen molar-refractivity contribution in [1.82, 2.24) is 5.32 Å². The van der Waals surface area contributed by atoms with Crippen molar-refractivity contribution < 1.29 is 4.79 Å². The lowest BCUT2D eigenvalue weighted by Gasteiger charge is -1.90. The van der Waals surface area contributed by atoms with Gasteiger partial charge in [-0.1, -0.05) is 25.3 Å². The number of amides is 1. The first-order chi connectivity index (χ1) is 4.31. The molecule has 0 heterocycles. The molecule has 0 aliphatic heterocycles. The molecule has 0 saturated heterocycles. The minimum absolute atomic E-state index is 0.560. The Morgan fingerprint density at radius 3 is 2.67 bits per heavy atom. The van der Waals surface area contributed by atoms with E-state index in [-0.39, 0.29) is 0 Å². The Bertz CT molecular complexity index is 147. The molecule has 0 aliphatic rings. The Balaban J connectivity index is 3.61. The average molecular weight is 123 g/mol. The summed E-state index contributed by atoms with van der Waals surface area (Å²) in [5, 5.41) is 2.37. The number of carbonyl (C=O) groups is 1. The van der Waals surface area contributed by atoms with Crippen LogP contribution < -0.4 is 5.32 Å². The second-order valence-corrected chi connectivity index (χ2v) is 1.38. The highest BCUT2D eigenvalue weighted by atomic mass is 16.1. The second kappa shape index (κ2) is 4.84. The van der Waals surface area contributed by atoms with E-state index in [9.17, 15) is 4.79 Å². The van der Waals surface area contributed by atoms with Crippen LogP contribution in [0.3, 0.4) is 0 Å². The lowest BCUT2D eigenvalue weighted by Crippen LogP contribution is -2.05. The summed E-state index contributed by atoms with van der Waals surface area (Å²) in [6.07, 6.45) is 5.54. The van der Waals surface area contributed by atoms with Crippen molar-refractivity contribution in [2.24, 2.45) is 0 Å². The van der Waals surface area contributed by atoms with Gasteiger partial charge in [-0.15, -0.1) is 0 Å². The Morgan fingerprint density at radius 2 is 2.22 bits per heavy atom. The maximum Gasteiger partial charge on any atom is 0.211 e.